The van der Waals surface area contributed by atoms with Crippen LogP contribution < -0.4 is 5.32 Å². The van der Waals surface area contributed by atoms with Gasteiger partial charge in [0.05, 0.1) is 12.7 Å². The first-order chi connectivity index (χ1) is 13.3. The quantitative estimate of drug-likeness (QED) is 0.648. The second-order valence-corrected chi connectivity index (χ2v) is 7.26. The first-order valence-corrected chi connectivity index (χ1v) is 9.30. The molecule has 0 aliphatic carbocycles. The van der Waals surface area contributed by atoms with E-state index >= 15 is 0 Å². The summed E-state index contributed by atoms with van der Waals surface area (Å²) in [6, 6.07) is 9.76. The fourth-order valence-electron chi connectivity index (χ4n) is 3.08. The zero-order valence-corrected chi connectivity index (χ0v) is 16.9. The zero-order valence-electron chi connectivity index (χ0n) is 16.9. The molecule has 0 bridgehead atoms. The number of amides is 1. The van der Waals surface area contributed by atoms with Crippen LogP contribution >= 0.6 is 0 Å². The number of benzene rings is 2. The van der Waals surface area contributed by atoms with Crippen molar-refractivity contribution in [2.24, 2.45) is 0 Å². The van der Waals surface area contributed by atoms with Gasteiger partial charge in [0, 0.05) is 16.6 Å². The maximum Gasteiger partial charge on any atom is 0.311 e. The summed E-state index contributed by atoms with van der Waals surface area (Å²) in [4.78, 5) is 24.8. The van der Waals surface area contributed by atoms with E-state index in [9.17, 15) is 9.59 Å². The van der Waals surface area contributed by atoms with E-state index in [1.807, 2.05) is 58.0 Å². The lowest BCUT2D eigenvalue weighted by molar-refractivity contribution is -0.152. The number of ether oxygens (including phenoxy) is 1. The summed E-state index contributed by atoms with van der Waals surface area (Å²) in [6.45, 7) is 9.44. The molecule has 1 N–H and O–H groups in total. The van der Waals surface area contributed by atoms with Crippen LogP contribution in [0.5, 0.6) is 0 Å². The van der Waals surface area contributed by atoms with Gasteiger partial charge in [0.15, 0.2) is 6.10 Å². The minimum Gasteiger partial charge on any atom is -0.464 e. The summed E-state index contributed by atoms with van der Waals surface area (Å²) in [5.74, 6) is -0.824. The van der Waals surface area contributed by atoms with Gasteiger partial charge in [0.2, 0.25) is 0 Å². The molecular formula is C23H25NO4. The van der Waals surface area contributed by atoms with Crippen molar-refractivity contribution in [1.29, 1.82) is 0 Å². The predicted molar refractivity (Wildman–Crippen MR) is 109 cm³/mol. The Kier molecular flexibility index (Phi) is 5.54. The molecular weight excluding hydrogens is 354 g/mol. The Hall–Kier alpha value is -3.08. The first-order valence-electron chi connectivity index (χ1n) is 9.30. The van der Waals surface area contributed by atoms with Gasteiger partial charge in [-0.15, -0.1) is 0 Å². The van der Waals surface area contributed by atoms with E-state index in [0.29, 0.717) is 0 Å². The third-order valence-electron chi connectivity index (χ3n) is 5.00. The predicted octanol–water partition coefficient (Wildman–Crippen LogP) is 4.78. The van der Waals surface area contributed by atoms with Crippen molar-refractivity contribution >= 4 is 28.5 Å². The molecule has 0 radical (unpaired) electrons. The molecule has 3 aromatic rings. The Labute approximate surface area is 164 Å². The van der Waals surface area contributed by atoms with E-state index in [-0.39, 0.29) is 12.3 Å². The van der Waals surface area contributed by atoms with Crippen LogP contribution in [0.25, 0.3) is 11.0 Å². The summed E-state index contributed by atoms with van der Waals surface area (Å²) >= 11 is 0. The van der Waals surface area contributed by atoms with Crippen LogP contribution in [0.3, 0.4) is 0 Å². The highest BCUT2D eigenvalue weighted by Gasteiger charge is 2.20. The Balaban J connectivity index is 1.65. The molecule has 0 unspecified atom stereocenters. The number of nitrogens with one attached hydrogen (secondary N) is 1. The van der Waals surface area contributed by atoms with E-state index in [1.54, 1.807) is 13.2 Å². The molecule has 0 fully saturated rings. The number of rotatable bonds is 5. The molecule has 0 aliphatic heterocycles. The third-order valence-corrected chi connectivity index (χ3v) is 5.00. The van der Waals surface area contributed by atoms with Crippen molar-refractivity contribution < 1.29 is 18.7 Å². The number of hydrogen-bond donors (Lipinski definition) is 1. The highest BCUT2D eigenvalue weighted by Crippen LogP contribution is 2.27. The van der Waals surface area contributed by atoms with E-state index in [2.05, 4.69) is 5.32 Å². The highest BCUT2D eigenvalue weighted by molar-refractivity contribution is 5.96. The van der Waals surface area contributed by atoms with Crippen LogP contribution in [0.15, 0.2) is 41.0 Å². The van der Waals surface area contributed by atoms with Crippen molar-refractivity contribution in [2.75, 3.05) is 5.32 Å². The van der Waals surface area contributed by atoms with Gasteiger partial charge in [-0.05, 0) is 62.9 Å². The molecule has 0 spiro atoms. The summed E-state index contributed by atoms with van der Waals surface area (Å²) in [7, 11) is 0. The average molecular weight is 379 g/mol. The summed E-state index contributed by atoms with van der Waals surface area (Å²) in [6.07, 6.45) is 0.741. The molecule has 146 valence electrons. The van der Waals surface area contributed by atoms with Gasteiger partial charge < -0.3 is 14.5 Å². The van der Waals surface area contributed by atoms with E-state index in [1.165, 1.54) is 0 Å². The standard InChI is InChI=1S/C23H25NO4/c1-13-6-7-15(3)20(10-13)24-23(26)17(5)28-21(25)11-18-12-27-22-16(4)14(2)8-9-19(18)22/h6-10,12,17H,11H2,1-5H3,(H,24,26)/t17-/m1/s1. The number of esters is 1. The number of furan rings is 1. The van der Waals surface area contributed by atoms with Crippen molar-refractivity contribution in [3.05, 3.63) is 64.4 Å². The molecule has 5 heteroatoms. The molecule has 1 atom stereocenters. The summed E-state index contributed by atoms with van der Waals surface area (Å²) in [5.41, 5.74) is 6.44. The molecule has 1 heterocycles. The summed E-state index contributed by atoms with van der Waals surface area (Å²) in [5, 5.41) is 3.72. The lowest BCUT2D eigenvalue weighted by atomic mass is 10.0. The third kappa shape index (κ3) is 4.09. The topological polar surface area (TPSA) is 68.5 Å². The number of fused-ring (bicyclic) bond motifs is 1. The van der Waals surface area contributed by atoms with Gasteiger partial charge in [-0.2, -0.15) is 0 Å². The van der Waals surface area contributed by atoms with Crippen LogP contribution in [0.1, 0.15) is 34.7 Å². The number of hydrogen-bond acceptors (Lipinski definition) is 4. The van der Waals surface area contributed by atoms with Gasteiger partial charge in [-0.3, -0.25) is 9.59 Å². The number of aryl methyl sites for hydroxylation is 4. The zero-order chi connectivity index (χ0) is 20.4. The second kappa shape index (κ2) is 7.89. The number of anilines is 1. The van der Waals surface area contributed by atoms with Crippen molar-refractivity contribution in [3.63, 3.8) is 0 Å². The Bertz CT molecular complexity index is 1050. The minimum atomic E-state index is -0.894. The van der Waals surface area contributed by atoms with E-state index in [4.69, 9.17) is 9.15 Å². The van der Waals surface area contributed by atoms with Gasteiger partial charge in [0.1, 0.15) is 5.58 Å². The molecule has 3 rings (SSSR count). The largest absolute Gasteiger partial charge is 0.464 e. The fourth-order valence-corrected chi connectivity index (χ4v) is 3.08. The van der Waals surface area contributed by atoms with Crippen LogP contribution in [0.2, 0.25) is 0 Å². The smallest absolute Gasteiger partial charge is 0.311 e. The lowest BCUT2D eigenvalue weighted by Gasteiger charge is -2.15. The lowest BCUT2D eigenvalue weighted by Crippen LogP contribution is -2.30. The molecule has 28 heavy (non-hydrogen) atoms. The van der Waals surface area contributed by atoms with Gasteiger partial charge in [-0.25, -0.2) is 0 Å². The van der Waals surface area contributed by atoms with Crippen LogP contribution in [-0.2, 0) is 20.7 Å². The fraction of sp³-hybridized carbons (Fsp3) is 0.304. The molecule has 1 amide bonds. The van der Waals surface area contributed by atoms with Crippen LogP contribution in [0, 0.1) is 27.7 Å². The second-order valence-electron chi connectivity index (χ2n) is 7.26. The average Bonchev–Trinajstić information content (AvgIpc) is 3.04. The maximum atomic E-state index is 12.4. The molecule has 0 saturated carbocycles. The molecule has 2 aromatic carbocycles. The Morgan fingerprint density at radius 3 is 2.54 bits per heavy atom. The van der Waals surface area contributed by atoms with Gasteiger partial charge in [-0.1, -0.05) is 24.3 Å². The highest BCUT2D eigenvalue weighted by atomic mass is 16.5. The number of carbonyl (C=O) groups excluding carboxylic acids is 2. The Morgan fingerprint density at radius 1 is 1.07 bits per heavy atom. The normalized spacial score (nSPS) is 12.0. The van der Waals surface area contributed by atoms with Crippen molar-refractivity contribution in [1.82, 2.24) is 0 Å². The van der Waals surface area contributed by atoms with E-state index < -0.39 is 12.1 Å². The Morgan fingerprint density at radius 2 is 1.79 bits per heavy atom. The molecule has 1 aromatic heterocycles. The SMILES string of the molecule is Cc1ccc(C)c(NC(=O)[C@@H](C)OC(=O)Cc2coc3c(C)c(C)ccc23)c1. The molecule has 0 aliphatic rings. The van der Waals surface area contributed by atoms with Gasteiger partial charge in [0.25, 0.3) is 5.91 Å². The molecule has 0 saturated heterocycles. The summed E-state index contributed by atoms with van der Waals surface area (Å²) < 4.78 is 11.0. The van der Waals surface area contributed by atoms with Crippen molar-refractivity contribution in [2.45, 2.75) is 47.1 Å². The monoisotopic (exact) mass is 379 g/mol. The van der Waals surface area contributed by atoms with Gasteiger partial charge >= 0.3 is 5.97 Å². The first kappa shape index (κ1) is 19.7. The molecule has 5 nitrogen and oxygen atoms in total. The van der Waals surface area contributed by atoms with Crippen LogP contribution in [0.4, 0.5) is 5.69 Å². The van der Waals surface area contributed by atoms with Crippen molar-refractivity contribution in [3.8, 4) is 0 Å². The number of carbonyl (C=O) groups is 2. The van der Waals surface area contributed by atoms with Crippen LogP contribution in [-0.4, -0.2) is 18.0 Å². The van der Waals surface area contributed by atoms with E-state index in [0.717, 1.165) is 44.5 Å². The maximum absolute atomic E-state index is 12.4. The minimum absolute atomic E-state index is 0.0522.